The molecular formula is C16H20N4O2S. The molecule has 0 saturated heterocycles. The Bertz CT molecular complexity index is 674. The Morgan fingerprint density at radius 2 is 2.04 bits per heavy atom. The van der Waals surface area contributed by atoms with Crippen LogP contribution in [-0.4, -0.2) is 40.1 Å². The number of hydrogen-bond donors (Lipinski definition) is 1. The van der Waals surface area contributed by atoms with Crippen molar-refractivity contribution in [2.75, 3.05) is 7.11 Å². The van der Waals surface area contributed by atoms with Crippen LogP contribution in [0.25, 0.3) is 10.8 Å². The van der Waals surface area contributed by atoms with Crippen molar-refractivity contribution in [2.45, 2.75) is 44.8 Å². The summed E-state index contributed by atoms with van der Waals surface area (Å²) in [6.07, 6.45) is 7.66. The lowest BCUT2D eigenvalue weighted by molar-refractivity contribution is 0.0393. The van der Waals surface area contributed by atoms with Gasteiger partial charge in [0.2, 0.25) is 0 Å². The third-order valence-corrected chi connectivity index (χ3v) is 5.23. The SMILES string of the molecule is CO[C@H]1CCCC[C@@H]1NC(=O)c1sc(-c2ncccn2)nc1C. The first kappa shape index (κ1) is 16.0. The number of nitrogens with zero attached hydrogens (tertiary/aromatic N) is 3. The van der Waals surface area contributed by atoms with E-state index in [-0.39, 0.29) is 18.1 Å². The molecule has 2 atom stereocenters. The van der Waals surface area contributed by atoms with Crippen LogP contribution in [-0.2, 0) is 4.74 Å². The zero-order chi connectivity index (χ0) is 16.2. The molecule has 1 amide bonds. The number of aryl methyl sites for hydroxylation is 1. The minimum atomic E-state index is -0.0869. The molecule has 1 saturated carbocycles. The summed E-state index contributed by atoms with van der Waals surface area (Å²) in [5.74, 6) is 0.461. The number of ether oxygens (including phenoxy) is 1. The molecule has 1 N–H and O–H groups in total. The quantitative estimate of drug-likeness (QED) is 0.931. The zero-order valence-electron chi connectivity index (χ0n) is 13.3. The molecule has 7 heteroatoms. The largest absolute Gasteiger partial charge is 0.379 e. The second-order valence-electron chi connectivity index (χ2n) is 5.64. The molecule has 0 unspecified atom stereocenters. The van der Waals surface area contributed by atoms with Crippen molar-refractivity contribution in [3.05, 3.63) is 29.0 Å². The maximum absolute atomic E-state index is 12.6. The summed E-state index contributed by atoms with van der Waals surface area (Å²) in [4.78, 5) is 26.0. The summed E-state index contributed by atoms with van der Waals surface area (Å²) >= 11 is 1.33. The van der Waals surface area contributed by atoms with Crippen molar-refractivity contribution in [1.82, 2.24) is 20.3 Å². The molecule has 3 rings (SSSR count). The van der Waals surface area contributed by atoms with E-state index in [1.165, 1.54) is 11.3 Å². The number of nitrogens with one attached hydrogen (secondary N) is 1. The highest BCUT2D eigenvalue weighted by Gasteiger charge is 2.28. The summed E-state index contributed by atoms with van der Waals surface area (Å²) in [5, 5.41) is 3.77. The van der Waals surface area contributed by atoms with Gasteiger partial charge in [0.15, 0.2) is 10.8 Å². The lowest BCUT2D eigenvalue weighted by Gasteiger charge is -2.30. The minimum Gasteiger partial charge on any atom is -0.379 e. The lowest BCUT2D eigenvalue weighted by atomic mass is 9.92. The van der Waals surface area contributed by atoms with E-state index in [4.69, 9.17) is 4.74 Å². The molecule has 0 aromatic carbocycles. The molecule has 23 heavy (non-hydrogen) atoms. The van der Waals surface area contributed by atoms with Crippen molar-refractivity contribution in [1.29, 1.82) is 0 Å². The maximum atomic E-state index is 12.6. The van der Waals surface area contributed by atoms with Crippen molar-refractivity contribution in [3.63, 3.8) is 0 Å². The standard InChI is InChI=1S/C16H20N4O2S/c1-10-13(23-16(19-10)14-17-8-5-9-18-14)15(21)20-11-6-3-4-7-12(11)22-2/h5,8-9,11-12H,3-4,6-7H2,1-2H3,(H,20,21)/t11-,12-/m0/s1. The van der Waals surface area contributed by atoms with E-state index in [0.29, 0.717) is 21.4 Å². The molecule has 1 aliphatic rings. The van der Waals surface area contributed by atoms with Crippen molar-refractivity contribution >= 4 is 17.2 Å². The Hall–Kier alpha value is -1.86. The van der Waals surface area contributed by atoms with E-state index >= 15 is 0 Å². The average molecular weight is 332 g/mol. The van der Waals surface area contributed by atoms with Gasteiger partial charge in [0, 0.05) is 19.5 Å². The predicted octanol–water partition coefficient (Wildman–Crippen LogP) is 2.60. The third-order valence-electron chi connectivity index (χ3n) is 4.08. The highest BCUT2D eigenvalue weighted by atomic mass is 32.1. The van der Waals surface area contributed by atoms with Crippen LogP contribution in [0.1, 0.15) is 41.0 Å². The molecule has 2 aromatic rings. The predicted molar refractivity (Wildman–Crippen MR) is 88.4 cm³/mol. The molecule has 2 heterocycles. The van der Waals surface area contributed by atoms with Crippen LogP contribution >= 0.6 is 11.3 Å². The van der Waals surface area contributed by atoms with Crippen LogP contribution in [0.3, 0.4) is 0 Å². The second kappa shape index (κ2) is 7.14. The summed E-state index contributed by atoms with van der Waals surface area (Å²) in [6, 6.07) is 1.82. The monoisotopic (exact) mass is 332 g/mol. The second-order valence-corrected chi connectivity index (χ2v) is 6.64. The summed E-state index contributed by atoms with van der Waals surface area (Å²) in [5.41, 5.74) is 0.708. The van der Waals surface area contributed by atoms with E-state index in [1.807, 2.05) is 6.92 Å². The van der Waals surface area contributed by atoms with Gasteiger partial charge in [-0.1, -0.05) is 12.8 Å². The summed E-state index contributed by atoms with van der Waals surface area (Å²) < 4.78 is 5.50. The van der Waals surface area contributed by atoms with Gasteiger partial charge in [-0.05, 0) is 25.8 Å². The molecule has 0 bridgehead atoms. The van der Waals surface area contributed by atoms with E-state index in [2.05, 4.69) is 20.3 Å². The maximum Gasteiger partial charge on any atom is 0.263 e. The summed E-state index contributed by atoms with van der Waals surface area (Å²) in [6.45, 7) is 1.84. The first-order valence-electron chi connectivity index (χ1n) is 7.77. The highest BCUT2D eigenvalue weighted by Crippen LogP contribution is 2.26. The molecule has 0 spiro atoms. The fourth-order valence-electron chi connectivity index (χ4n) is 2.89. The number of rotatable bonds is 4. The van der Waals surface area contributed by atoms with Crippen LogP contribution in [0, 0.1) is 6.92 Å². The lowest BCUT2D eigenvalue weighted by Crippen LogP contribution is -2.45. The van der Waals surface area contributed by atoms with E-state index in [0.717, 1.165) is 25.7 Å². The average Bonchev–Trinajstić information content (AvgIpc) is 2.98. The van der Waals surface area contributed by atoms with Crippen molar-refractivity contribution < 1.29 is 9.53 Å². The van der Waals surface area contributed by atoms with E-state index in [9.17, 15) is 4.79 Å². The molecule has 0 aliphatic heterocycles. The van der Waals surface area contributed by atoms with Crippen LogP contribution < -0.4 is 5.32 Å². The van der Waals surface area contributed by atoms with Gasteiger partial charge in [0.1, 0.15) is 4.88 Å². The summed E-state index contributed by atoms with van der Waals surface area (Å²) in [7, 11) is 1.71. The number of amides is 1. The first-order chi connectivity index (χ1) is 11.2. The zero-order valence-corrected chi connectivity index (χ0v) is 14.1. The van der Waals surface area contributed by atoms with Crippen molar-refractivity contribution in [3.8, 4) is 10.8 Å². The van der Waals surface area contributed by atoms with Crippen LogP contribution in [0.5, 0.6) is 0 Å². The number of methoxy groups -OCH3 is 1. The van der Waals surface area contributed by atoms with E-state index in [1.54, 1.807) is 25.6 Å². The fraction of sp³-hybridized carbons (Fsp3) is 0.500. The molecule has 0 radical (unpaired) electrons. The molecule has 2 aromatic heterocycles. The first-order valence-corrected chi connectivity index (χ1v) is 8.59. The minimum absolute atomic E-state index is 0.0687. The Morgan fingerprint density at radius 1 is 1.30 bits per heavy atom. The fourth-order valence-corrected chi connectivity index (χ4v) is 3.81. The molecular weight excluding hydrogens is 312 g/mol. The molecule has 122 valence electrons. The topological polar surface area (TPSA) is 77.0 Å². The number of hydrogen-bond acceptors (Lipinski definition) is 6. The third kappa shape index (κ3) is 3.56. The van der Waals surface area contributed by atoms with Crippen molar-refractivity contribution in [2.24, 2.45) is 0 Å². The Morgan fingerprint density at radius 3 is 2.78 bits per heavy atom. The molecule has 1 aliphatic carbocycles. The van der Waals surface area contributed by atoms with Crippen LogP contribution in [0.2, 0.25) is 0 Å². The van der Waals surface area contributed by atoms with Gasteiger partial charge in [-0.15, -0.1) is 11.3 Å². The molecule has 6 nitrogen and oxygen atoms in total. The number of carbonyl (C=O) groups is 1. The highest BCUT2D eigenvalue weighted by molar-refractivity contribution is 7.17. The Labute approximate surface area is 139 Å². The Balaban J connectivity index is 1.76. The number of thiazole rings is 1. The van der Waals surface area contributed by atoms with Crippen LogP contribution in [0.15, 0.2) is 18.5 Å². The van der Waals surface area contributed by atoms with Gasteiger partial charge >= 0.3 is 0 Å². The van der Waals surface area contributed by atoms with Gasteiger partial charge in [0.25, 0.3) is 5.91 Å². The number of carbonyl (C=O) groups excluding carboxylic acids is 1. The van der Waals surface area contributed by atoms with Gasteiger partial charge < -0.3 is 10.1 Å². The van der Waals surface area contributed by atoms with E-state index < -0.39 is 0 Å². The van der Waals surface area contributed by atoms with Gasteiger partial charge in [-0.25, -0.2) is 15.0 Å². The van der Waals surface area contributed by atoms with Crippen LogP contribution in [0.4, 0.5) is 0 Å². The van der Waals surface area contributed by atoms with Gasteiger partial charge in [0.05, 0.1) is 17.8 Å². The normalized spacial score (nSPS) is 21.1. The molecule has 1 fully saturated rings. The van der Waals surface area contributed by atoms with Gasteiger partial charge in [-0.3, -0.25) is 4.79 Å². The number of aromatic nitrogens is 3. The Kier molecular flexibility index (Phi) is 4.97. The smallest absolute Gasteiger partial charge is 0.263 e. The van der Waals surface area contributed by atoms with Gasteiger partial charge in [-0.2, -0.15) is 0 Å².